The molecule has 0 aliphatic carbocycles. The first kappa shape index (κ1) is 27.1. The molecule has 1 atom stereocenters. The van der Waals surface area contributed by atoms with E-state index >= 15 is 0 Å². The van der Waals surface area contributed by atoms with Gasteiger partial charge in [-0.05, 0) is 81.3 Å². The second-order valence-electron chi connectivity index (χ2n) is 9.93. The van der Waals surface area contributed by atoms with Crippen molar-refractivity contribution in [2.24, 2.45) is 0 Å². The number of nitrogens with one attached hydrogen (secondary N) is 2. The molecule has 1 amide bonds. The molecule has 3 aromatic heterocycles. The Bertz CT molecular complexity index is 1430. The van der Waals surface area contributed by atoms with Crippen LogP contribution in [0.3, 0.4) is 0 Å². The van der Waals surface area contributed by atoms with Crippen molar-refractivity contribution in [3.05, 3.63) is 76.8 Å². The van der Waals surface area contributed by atoms with Crippen molar-refractivity contribution in [1.82, 2.24) is 15.0 Å². The van der Waals surface area contributed by atoms with Gasteiger partial charge in [-0.2, -0.15) is 0 Å². The molecule has 2 N–H and O–H groups in total. The van der Waals surface area contributed by atoms with Gasteiger partial charge in [-0.3, -0.25) is 15.1 Å². The molecule has 3 heterocycles. The third-order valence-electron chi connectivity index (χ3n) is 5.61. The number of ether oxygens (including phenoxy) is 1. The molecule has 4 aromatic rings. The average molecular weight is 536 g/mol. The number of aromatic nitrogens is 3. The number of halogens is 1. The van der Waals surface area contributed by atoms with Crippen molar-refractivity contribution < 1.29 is 18.7 Å². The molecule has 38 heavy (non-hydrogen) atoms. The molecule has 0 bridgehead atoms. The summed E-state index contributed by atoms with van der Waals surface area (Å²) in [5.74, 6) is -0.176. The fourth-order valence-corrected chi connectivity index (χ4v) is 4.65. The van der Waals surface area contributed by atoms with Gasteiger partial charge in [-0.15, -0.1) is 11.3 Å². The van der Waals surface area contributed by atoms with E-state index in [4.69, 9.17) is 4.74 Å². The van der Waals surface area contributed by atoms with E-state index in [1.165, 1.54) is 17.4 Å². The highest BCUT2D eigenvalue weighted by molar-refractivity contribution is 7.17. The number of fused-ring (bicyclic) bond motifs is 1. The van der Waals surface area contributed by atoms with Crippen LogP contribution in [0.25, 0.3) is 10.2 Å². The average Bonchev–Trinajstić information content (AvgIpc) is 3.32. The second-order valence-corrected chi connectivity index (χ2v) is 10.8. The molecule has 0 aliphatic heterocycles. The maximum Gasteiger partial charge on any atom is 0.412 e. The smallest absolute Gasteiger partial charge is 0.412 e. The molecule has 0 unspecified atom stereocenters. The Hall–Kier alpha value is -3.92. The lowest BCUT2D eigenvalue weighted by molar-refractivity contribution is 0.0635. The maximum atomic E-state index is 13.6. The van der Waals surface area contributed by atoms with Gasteiger partial charge in [0.2, 0.25) is 5.95 Å². The zero-order valence-corrected chi connectivity index (χ0v) is 22.6. The zero-order valence-electron chi connectivity index (χ0n) is 21.7. The minimum atomic E-state index is -0.567. The number of benzene rings is 1. The van der Waals surface area contributed by atoms with Crippen LogP contribution in [0.2, 0.25) is 0 Å². The number of pyridine rings is 1. The predicted octanol–water partition coefficient (Wildman–Crippen LogP) is 6.95. The first-order valence-corrected chi connectivity index (χ1v) is 13.2. The first-order chi connectivity index (χ1) is 18.1. The first-order valence-electron chi connectivity index (χ1n) is 12.3. The number of rotatable bonds is 9. The van der Waals surface area contributed by atoms with E-state index in [0.29, 0.717) is 47.7 Å². The Morgan fingerprint density at radius 2 is 1.87 bits per heavy atom. The Kier molecular flexibility index (Phi) is 8.31. The predicted molar refractivity (Wildman–Crippen MR) is 147 cm³/mol. The van der Waals surface area contributed by atoms with E-state index in [2.05, 4.69) is 25.6 Å². The topological polar surface area (TPSA) is 106 Å². The van der Waals surface area contributed by atoms with Gasteiger partial charge in [-0.25, -0.2) is 19.2 Å². The van der Waals surface area contributed by atoms with Gasteiger partial charge in [0, 0.05) is 18.3 Å². The minimum Gasteiger partial charge on any atom is -0.444 e. The quantitative estimate of drug-likeness (QED) is 0.223. The summed E-state index contributed by atoms with van der Waals surface area (Å²) in [5.41, 5.74) is 2.85. The van der Waals surface area contributed by atoms with Gasteiger partial charge in [0.25, 0.3) is 0 Å². The highest BCUT2D eigenvalue weighted by Crippen LogP contribution is 2.27. The van der Waals surface area contributed by atoms with E-state index < -0.39 is 17.5 Å². The molecule has 0 aliphatic rings. The summed E-state index contributed by atoms with van der Waals surface area (Å²) in [7, 11) is 0. The van der Waals surface area contributed by atoms with Gasteiger partial charge in [0.05, 0.1) is 22.5 Å². The second kappa shape index (κ2) is 11.6. The Labute approximate surface area is 224 Å². The lowest BCUT2D eigenvalue weighted by Gasteiger charge is -2.19. The van der Waals surface area contributed by atoms with E-state index in [-0.39, 0.29) is 11.8 Å². The number of hydrogen-bond acceptors (Lipinski definition) is 8. The summed E-state index contributed by atoms with van der Waals surface area (Å²) in [5, 5.41) is 7.75. The molecule has 4 rings (SSSR count). The fraction of sp³-hybridized carbons (Fsp3) is 0.321. The number of amides is 1. The molecule has 0 saturated carbocycles. The molecule has 0 spiro atoms. The summed E-state index contributed by atoms with van der Waals surface area (Å²) >= 11 is 1.43. The zero-order chi connectivity index (χ0) is 27.3. The lowest BCUT2D eigenvalue weighted by atomic mass is 10.0. The number of Topliss-reactive ketones (excluding diaryl/α,β-unsaturated/α-hetero) is 1. The van der Waals surface area contributed by atoms with E-state index in [1.807, 2.05) is 63.4 Å². The van der Waals surface area contributed by atoms with Crippen LogP contribution in [0.15, 0.2) is 54.2 Å². The number of carbonyl (C=O) groups excluding carboxylic acids is 2. The summed E-state index contributed by atoms with van der Waals surface area (Å²) in [6, 6.07) is 10.4. The molecule has 0 saturated heterocycles. The third-order valence-corrected chi connectivity index (χ3v) is 6.52. The van der Waals surface area contributed by atoms with Crippen LogP contribution >= 0.6 is 11.3 Å². The number of thiophene rings is 1. The molecule has 8 nitrogen and oxygen atoms in total. The van der Waals surface area contributed by atoms with Gasteiger partial charge < -0.3 is 10.1 Å². The van der Waals surface area contributed by atoms with Crippen molar-refractivity contribution in [2.45, 2.75) is 58.6 Å². The number of nitrogens with zero attached hydrogens (tertiary/aromatic N) is 3. The van der Waals surface area contributed by atoms with Crippen LogP contribution in [-0.2, 0) is 11.2 Å². The molecule has 0 radical (unpaired) electrons. The molecule has 1 aromatic carbocycles. The largest absolute Gasteiger partial charge is 0.444 e. The highest BCUT2D eigenvalue weighted by Gasteiger charge is 2.18. The van der Waals surface area contributed by atoms with Crippen LogP contribution in [0.5, 0.6) is 0 Å². The van der Waals surface area contributed by atoms with Crippen LogP contribution < -0.4 is 10.6 Å². The Balaban J connectivity index is 1.37. The molecule has 198 valence electrons. The molecular weight excluding hydrogens is 505 g/mol. The van der Waals surface area contributed by atoms with Crippen LogP contribution in [0.1, 0.15) is 68.2 Å². The van der Waals surface area contributed by atoms with Crippen LogP contribution in [0, 0.1) is 5.82 Å². The Morgan fingerprint density at radius 3 is 2.58 bits per heavy atom. The number of carbonyl (C=O) groups is 2. The number of hydrogen-bond donors (Lipinski definition) is 2. The third kappa shape index (κ3) is 7.32. The van der Waals surface area contributed by atoms with E-state index in [9.17, 15) is 14.0 Å². The maximum absolute atomic E-state index is 13.6. The Morgan fingerprint density at radius 1 is 1.11 bits per heavy atom. The molecule has 0 fully saturated rings. The van der Waals surface area contributed by atoms with Gasteiger partial charge in [-0.1, -0.05) is 12.1 Å². The number of ketones is 1. The van der Waals surface area contributed by atoms with Crippen molar-refractivity contribution in [3.63, 3.8) is 0 Å². The highest BCUT2D eigenvalue weighted by atomic mass is 32.1. The van der Waals surface area contributed by atoms with Gasteiger partial charge in [0.15, 0.2) is 5.78 Å². The van der Waals surface area contributed by atoms with Crippen molar-refractivity contribution in [1.29, 1.82) is 0 Å². The van der Waals surface area contributed by atoms with E-state index in [0.717, 1.165) is 16.5 Å². The summed E-state index contributed by atoms with van der Waals surface area (Å²) < 4.78 is 19.6. The SMILES string of the molecule is C[C@H](Nc1nc(C(=O)CCCc2ccc(NC(=O)OC(C)(C)C)cc2)c2sccc2n1)c1cncc(F)c1. The lowest BCUT2D eigenvalue weighted by Crippen LogP contribution is -2.27. The van der Waals surface area contributed by atoms with Gasteiger partial charge >= 0.3 is 6.09 Å². The summed E-state index contributed by atoms with van der Waals surface area (Å²) in [6.45, 7) is 7.28. The summed E-state index contributed by atoms with van der Waals surface area (Å²) in [4.78, 5) is 38.0. The van der Waals surface area contributed by atoms with Crippen LogP contribution in [0.4, 0.5) is 20.8 Å². The van der Waals surface area contributed by atoms with E-state index in [1.54, 1.807) is 6.20 Å². The normalized spacial score (nSPS) is 12.2. The van der Waals surface area contributed by atoms with Crippen molar-refractivity contribution >= 4 is 45.1 Å². The monoisotopic (exact) mass is 535 g/mol. The van der Waals surface area contributed by atoms with Crippen molar-refractivity contribution in [3.8, 4) is 0 Å². The number of anilines is 2. The summed E-state index contributed by atoms with van der Waals surface area (Å²) in [6.07, 6.45) is 3.89. The minimum absolute atomic E-state index is 0.0637. The van der Waals surface area contributed by atoms with Crippen LogP contribution in [-0.4, -0.2) is 32.4 Å². The fourth-order valence-electron chi connectivity index (χ4n) is 3.81. The van der Waals surface area contributed by atoms with Gasteiger partial charge in [0.1, 0.15) is 17.1 Å². The standard InChI is InChI=1S/C28H30FN5O3S/c1-17(19-14-20(29)16-30-15-19)31-26-33-22-12-13-38-25(22)24(34-26)23(35)7-5-6-18-8-10-21(11-9-18)32-27(36)37-28(2,3)4/h8-17H,5-7H2,1-4H3,(H,32,36)(H,31,33,34)/t17-/m0/s1. The van der Waals surface area contributed by atoms with Crippen molar-refractivity contribution in [2.75, 3.05) is 10.6 Å². The number of aryl methyl sites for hydroxylation is 1. The molecule has 10 heteroatoms. The molecular formula is C28H30FN5O3S.